The van der Waals surface area contributed by atoms with Crippen LogP contribution in [0.15, 0.2) is 0 Å². The van der Waals surface area contributed by atoms with E-state index in [1.165, 1.54) is 0 Å². The molecule has 0 radical (unpaired) electrons. The van der Waals surface area contributed by atoms with Crippen molar-refractivity contribution < 1.29 is 39.0 Å². The van der Waals surface area contributed by atoms with Gasteiger partial charge in [-0.05, 0) is 13.8 Å². The van der Waals surface area contributed by atoms with E-state index in [0.717, 1.165) is 53.1 Å². The Kier molecular flexibility index (Phi) is 70.9. The molecule has 0 aromatic carbocycles. The van der Waals surface area contributed by atoms with E-state index in [9.17, 15) is 0 Å². The molecule has 0 atom stereocenters. The molecule has 0 aliphatic heterocycles. The van der Waals surface area contributed by atoms with Crippen LogP contribution < -0.4 is 33.2 Å². The normalized spacial score (nSPS) is 8.77. The number of hydrogen-bond donors (Lipinski definition) is 8. The predicted molar refractivity (Wildman–Crippen MR) is 103 cm³/mol. The van der Waals surface area contributed by atoms with Crippen LogP contribution in [0.1, 0.15) is 13.8 Å². The zero-order valence-electron chi connectivity index (χ0n) is 16.5. The first-order valence-corrected chi connectivity index (χ1v) is 9.08. The van der Waals surface area contributed by atoms with Gasteiger partial charge in [-0.15, -0.1) is 13.1 Å². The van der Waals surface area contributed by atoms with E-state index in [1.54, 1.807) is 13.8 Å². The molecule has 10 nitrogen and oxygen atoms in total. The van der Waals surface area contributed by atoms with Gasteiger partial charge in [0.1, 0.15) is 0 Å². The molecule has 0 fully saturated rings. The van der Waals surface area contributed by atoms with E-state index in [1.807, 2.05) is 0 Å². The van der Waals surface area contributed by atoms with Crippen LogP contribution in [0.25, 0.3) is 0 Å². The van der Waals surface area contributed by atoms with Crippen LogP contribution in [0, 0.1) is 13.8 Å². The molecular weight excluding hydrogens is 376 g/mol. The zero-order chi connectivity index (χ0) is 21.5. The Balaban J connectivity index is -0.0000000734. The number of nitrogens with one attached hydrogen (secondary N) is 3. The molecule has 11 N–H and O–H groups in total. The van der Waals surface area contributed by atoms with Crippen LogP contribution in [0.2, 0.25) is 0 Å². The van der Waals surface area contributed by atoms with Gasteiger partial charge in [0.15, 0.2) is 0 Å². The van der Waals surface area contributed by atoms with Gasteiger partial charge in [-0.2, -0.15) is 0 Å². The molecule has 160 valence electrons. The summed E-state index contributed by atoms with van der Waals surface area (Å²) in [5.74, 6) is 0. The second kappa shape index (κ2) is 49.9. The summed E-state index contributed by atoms with van der Waals surface area (Å²) in [5.41, 5.74) is 15.4. The molecule has 11 heteroatoms. The third kappa shape index (κ3) is 87.7. The number of aliphatic hydroxyl groups is 1. The number of hydrogen-bond acceptors (Lipinski definition) is 10. The van der Waals surface area contributed by atoms with Crippen molar-refractivity contribution in [1.29, 1.82) is 0 Å². The molecule has 26 heavy (non-hydrogen) atoms. The molecule has 0 aromatic rings. The summed E-state index contributed by atoms with van der Waals surface area (Å²) in [6.45, 7) is 17.6. The van der Waals surface area contributed by atoms with Crippen LogP contribution in [0.5, 0.6) is 0 Å². The van der Waals surface area contributed by atoms with Crippen molar-refractivity contribution in [2.45, 2.75) is 20.0 Å². The van der Waals surface area contributed by atoms with Gasteiger partial charge in [-0.3, -0.25) is 5.26 Å². The fourth-order valence-corrected chi connectivity index (χ4v) is 0.760. The summed E-state index contributed by atoms with van der Waals surface area (Å²) >= 11 is 0.750. The van der Waals surface area contributed by atoms with Gasteiger partial charge >= 0.3 is 23.7 Å². The van der Waals surface area contributed by atoms with Gasteiger partial charge in [0.2, 0.25) is 0 Å². The van der Waals surface area contributed by atoms with Crippen LogP contribution in [-0.4, -0.2) is 82.0 Å². The van der Waals surface area contributed by atoms with E-state index in [0.29, 0.717) is 26.2 Å². The van der Waals surface area contributed by atoms with Gasteiger partial charge in [0.05, 0.1) is 12.7 Å². The Hall–Kier alpha value is 0.154. The average Bonchev–Trinajstić information content (AvgIpc) is 2.68. The van der Waals surface area contributed by atoms with Crippen molar-refractivity contribution in [1.82, 2.24) is 16.0 Å². The third-order valence-corrected chi connectivity index (χ3v) is 1.82. The summed E-state index contributed by atoms with van der Waals surface area (Å²) in [6.07, 6.45) is -0.0602. The van der Waals surface area contributed by atoms with Crippen LogP contribution >= 0.6 is 0 Å². The Bertz CT molecular complexity index is 168. The Morgan fingerprint density at radius 2 is 1.19 bits per heavy atom. The van der Waals surface area contributed by atoms with Crippen LogP contribution in [0.3, 0.4) is 0 Å². The second-order valence-corrected chi connectivity index (χ2v) is 4.49. The molecule has 0 bridgehead atoms. The molecule has 0 unspecified atom stereocenters. The SMILES string of the molecule is CC(C)OO.NCCNCCO.[CH2-]CNCCN.[CH2-]CNCCN.[O]=[Ti+2]. The molecule has 0 spiro atoms. The van der Waals surface area contributed by atoms with E-state index < -0.39 is 0 Å². The minimum atomic E-state index is -0.0602. The van der Waals surface area contributed by atoms with E-state index in [2.05, 4.69) is 34.7 Å². The van der Waals surface area contributed by atoms with E-state index >= 15 is 0 Å². The van der Waals surface area contributed by atoms with Gasteiger partial charge in [-0.25, -0.2) is 4.89 Å². The average molecular weight is 418 g/mol. The molecule has 0 aromatic heterocycles. The third-order valence-electron chi connectivity index (χ3n) is 1.82. The quantitative estimate of drug-likeness (QED) is 0.0616. The van der Waals surface area contributed by atoms with Gasteiger partial charge in [0, 0.05) is 45.8 Å². The maximum absolute atomic E-state index is 8.25. The van der Waals surface area contributed by atoms with E-state index in [-0.39, 0.29) is 12.7 Å². The first-order chi connectivity index (χ1) is 12.5. The summed E-state index contributed by atoms with van der Waals surface area (Å²) in [6, 6.07) is 0. The first-order valence-electron chi connectivity index (χ1n) is 8.44. The van der Waals surface area contributed by atoms with Crippen molar-refractivity contribution >= 4 is 0 Å². The summed E-state index contributed by atoms with van der Waals surface area (Å²) in [5, 5.41) is 24.7. The maximum atomic E-state index is 8.25. The van der Waals surface area contributed by atoms with Crippen molar-refractivity contribution in [3.8, 4) is 0 Å². The number of nitrogens with two attached hydrogens (primary N) is 3. The molecule has 0 saturated carbocycles. The summed E-state index contributed by atoms with van der Waals surface area (Å²) < 4.78 is 8.25. The molecule has 0 amide bonds. The monoisotopic (exact) mass is 418 g/mol. The fourth-order valence-electron chi connectivity index (χ4n) is 0.760. The zero-order valence-corrected chi connectivity index (χ0v) is 18.1. The summed E-state index contributed by atoms with van der Waals surface area (Å²) in [4.78, 5) is 3.75. The van der Waals surface area contributed by atoms with Crippen LogP contribution in [0.4, 0.5) is 0 Å². The standard InChI is InChI=1S/C4H12N2O.2C4H11N2.C3H8O2.O.Ti/c5-1-2-6-3-4-7;2*1-2-6-4-3-5;1-3(2)5-4;;/h6-7H,1-5H2;2*6H,1-5H2;3-4H,1-2H3;;/q;2*-1;;;+2. The van der Waals surface area contributed by atoms with Gasteiger partial charge in [-0.1, -0.05) is 0 Å². The Morgan fingerprint density at radius 1 is 0.885 bits per heavy atom. The molecule has 0 saturated heterocycles. The van der Waals surface area contributed by atoms with E-state index in [4.69, 9.17) is 30.9 Å². The van der Waals surface area contributed by atoms with Crippen LogP contribution in [-0.2, 0) is 28.6 Å². The van der Waals surface area contributed by atoms with Crippen molar-refractivity contribution in [2.75, 3.05) is 65.5 Å². The molecule has 0 heterocycles. The van der Waals surface area contributed by atoms with Gasteiger partial charge in [0.25, 0.3) is 0 Å². The molecular formula is C15H42N6O4Ti. The predicted octanol–water partition coefficient (Wildman–Crippen LogP) is -1.97. The minimum absolute atomic E-state index is 0.0602. The second-order valence-electron chi connectivity index (χ2n) is 4.49. The molecule has 0 aliphatic rings. The topological polar surface area (TPSA) is 181 Å². The van der Waals surface area contributed by atoms with Crippen molar-refractivity contribution in [3.05, 3.63) is 13.8 Å². The van der Waals surface area contributed by atoms with Crippen molar-refractivity contribution in [2.24, 2.45) is 17.2 Å². The Labute approximate surface area is 171 Å². The summed E-state index contributed by atoms with van der Waals surface area (Å²) in [7, 11) is 0. The number of aliphatic hydroxyl groups excluding tert-OH is 1. The fraction of sp³-hybridized carbons (Fsp3) is 0.867. The molecule has 0 rings (SSSR count). The van der Waals surface area contributed by atoms with Crippen molar-refractivity contribution in [3.63, 3.8) is 0 Å². The Morgan fingerprint density at radius 3 is 1.35 bits per heavy atom. The first kappa shape index (κ1) is 37.0. The molecule has 0 aliphatic carbocycles. The number of rotatable bonds is 11. The van der Waals surface area contributed by atoms with Gasteiger partial charge < -0.3 is 52.1 Å².